The Balaban J connectivity index is 3.08. The smallest absolute Gasteiger partial charge is 0.326 e. The van der Waals surface area contributed by atoms with E-state index in [-0.39, 0.29) is 5.92 Å². The molecule has 86 valence electrons. The fraction of sp³-hybridized carbons (Fsp3) is 0.308. The Kier molecular flexibility index (Phi) is 3.85. The molecule has 3 nitrogen and oxygen atoms in total. The molecule has 2 N–H and O–H groups in total. The number of ether oxygens (including phenoxy) is 1. The van der Waals surface area contributed by atoms with Crippen LogP contribution in [0.4, 0.5) is 0 Å². The summed E-state index contributed by atoms with van der Waals surface area (Å²) in [6, 6.07) is 9.55. The van der Waals surface area contributed by atoms with Crippen molar-refractivity contribution in [2.75, 3.05) is 7.11 Å². The van der Waals surface area contributed by atoms with Gasteiger partial charge in [0.1, 0.15) is 5.54 Å². The monoisotopic (exact) mass is 219 g/mol. The summed E-state index contributed by atoms with van der Waals surface area (Å²) in [6.07, 6.45) is 1.67. The van der Waals surface area contributed by atoms with Crippen LogP contribution in [-0.2, 0) is 9.53 Å². The number of methoxy groups -OCH3 is 1. The molecule has 2 unspecified atom stereocenters. The van der Waals surface area contributed by atoms with Crippen molar-refractivity contribution >= 4 is 5.97 Å². The minimum atomic E-state index is -1.10. The fourth-order valence-electron chi connectivity index (χ4n) is 1.73. The number of benzene rings is 1. The van der Waals surface area contributed by atoms with E-state index in [1.165, 1.54) is 7.11 Å². The van der Waals surface area contributed by atoms with Crippen molar-refractivity contribution in [2.45, 2.75) is 18.4 Å². The van der Waals surface area contributed by atoms with Gasteiger partial charge >= 0.3 is 5.97 Å². The van der Waals surface area contributed by atoms with E-state index in [0.29, 0.717) is 0 Å². The van der Waals surface area contributed by atoms with Crippen LogP contribution in [0.1, 0.15) is 18.4 Å². The SMILES string of the molecule is C=CC(c1ccccc1)C(C)(N)C(=O)OC. The standard InChI is InChI=1S/C13H17NO2/c1-4-11(10-8-6-5-7-9-10)13(2,14)12(15)16-3/h4-9,11H,1,14H2,2-3H3. The Morgan fingerprint density at radius 2 is 2.06 bits per heavy atom. The molecule has 0 fully saturated rings. The molecule has 0 heterocycles. The van der Waals surface area contributed by atoms with Gasteiger partial charge in [-0.3, -0.25) is 4.79 Å². The second-order valence-electron chi connectivity index (χ2n) is 3.90. The van der Waals surface area contributed by atoms with E-state index in [1.54, 1.807) is 13.0 Å². The van der Waals surface area contributed by atoms with E-state index in [1.807, 2.05) is 30.3 Å². The lowest BCUT2D eigenvalue weighted by Gasteiger charge is -2.29. The lowest BCUT2D eigenvalue weighted by molar-refractivity contribution is -0.146. The summed E-state index contributed by atoms with van der Waals surface area (Å²) in [6.45, 7) is 5.38. The minimum Gasteiger partial charge on any atom is -0.468 e. The van der Waals surface area contributed by atoms with Gasteiger partial charge in [-0.1, -0.05) is 36.4 Å². The molecule has 16 heavy (non-hydrogen) atoms. The Hall–Kier alpha value is -1.61. The van der Waals surface area contributed by atoms with Crippen molar-refractivity contribution < 1.29 is 9.53 Å². The highest BCUT2D eigenvalue weighted by molar-refractivity contribution is 5.82. The van der Waals surface area contributed by atoms with Crippen LogP contribution in [0, 0.1) is 0 Å². The van der Waals surface area contributed by atoms with E-state index >= 15 is 0 Å². The fourth-order valence-corrected chi connectivity index (χ4v) is 1.73. The van der Waals surface area contributed by atoms with Crippen LogP contribution in [-0.4, -0.2) is 18.6 Å². The molecule has 0 radical (unpaired) electrons. The zero-order chi connectivity index (χ0) is 12.2. The lowest BCUT2D eigenvalue weighted by atomic mass is 9.81. The maximum atomic E-state index is 11.6. The van der Waals surface area contributed by atoms with Crippen LogP contribution in [0.5, 0.6) is 0 Å². The molecule has 0 spiro atoms. The Bertz CT molecular complexity index is 371. The normalized spacial score (nSPS) is 15.9. The average Bonchev–Trinajstić information content (AvgIpc) is 2.30. The number of nitrogens with two attached hydrogens (primary N) is 1. The zero-order valence-corrected chi connectivity index (χ0v) is 9.64. The van der Waals surface area contributed by atoms with Gasteiger partial charge in [-0.15, -0.1) is 6.58 Å². The van der Waals surface area contributed by atoms with E-state index in [9.17, 15) is 4.79 Å². The summed E-state index contributed by atoms with van der Waals surface area (Å²) in [5, 5.41) is 0. The molecule has 3 heteroatoms. The van der Waals surface area contributed by atoms with Crippen molar-refractivity contribution in [1.82, 2.24) is 0 Å². The van der Waals surface area contributed by atoms with Gasteiger partial charge in [0.2, 0.25) is 0 Å². The van der Waals surface area contributed by atoms with Crippen LogP contribution in [0.15, 0.2) is 43.0 Å². The summed E-state index contributed by atoms with van der Waals surface area (Å²) >= 11 is 0. The Morgan fingerprint density at radius 1 is 1.50 bits per heavy atom. The number of esters is 1. The first-order chi connectivity index (χ1) is 7.54. The van der Waals surface area contributed by atoms with Crippen molar-refractivity contribution in [3.8, 4) is 0 Å². The van der Waals surface area contributed by atoms with Gasteiger partial charge in [0.25, 0.3) is 0 Å². The zero-order valence-electron chi connectivity index (χ0n) is 9.64. The molecule has 0 bridgehead atoms. The van der Waals surface area contributed by atoms with Crippen LogP contribution in [0.2, 0.25) is 0 Å². The molecule has 0 saturated carbocycles. The molecule has 1 aromatic rings. The van der Waals surface area contributed by atoms with E-state index in [4.69, 9.17) is 10.5 Å². The topological polar surface area (TPSA) is 52.3 Å². The van der Waals surface area contributed by atoms with E-state index < -0.39 is 11.5 Å². The first-order valence-electron chi connectivity index (χ1n) is 5.08. The lowest BCUT2D eigenvalue weighted by Crippen LogP contribution is -2.50. The molecule has 1 aromatic carbocycles. The van der Waals surface area contributed by atoms with Gasteiger partial charge in [-0.05, 0) is 12.5 Å². The molecular weight excluding hydrogens is 202 g/mol. The summed E-state index contributed by atoms with van der Waals surface area (Å²) < 4.78 is 4.71. The van der Waals surface area contributed by atoms with Gasteiger partial charge in [0.05, 0.1) is 7.11 Å². The number of carbonyl (C=O) groups is 1. The van der Waals surface area contributed by atoms with Crippen molar-refractivity contribution in [1.29, 1.82) is 0 Å². The van der Waals surface area contributed by atoms with Crippen molar-refractivity contribution in [2.24, 2.45) is 5.73 Å². The molecule has 0 aliphatic rings. The Labute approximate surface area is 95.9 Å². The average molecular weight is 219 g/mol. The minimum absolute atomic E-state index is 0.263. The largest absolute Gasteiger partial charge is 0.468 e. The number of rotatable bonds is 4. The maximum Gasteiger partial charge on any atom is 0.326 e. The van der Waals surface area contributed by atoms with Crippen LogP contribution < -0.4 is 5.73 Å². The van der Waals surface area contributed by atoms with Gasteiger partial charge < -0.3 is 10.5 Å². The second kappa shape index (κ2) is 4.94. The molecule has 1 rings (SSSR count). The Morgan fingerprint density at radius 3 is 2.50 bits per heavy atom. The number of carbonyl (C=O) groups excluding carboxylic acids is 1. The van der Waals surface area contributed by atoms with Crippen LogP contribution in [0.3, 0.4) is 0 Å². The molecule has 2 atom stereocenters. The summed E-state index contributed by atoms with van der Waals surface area (Å²) in [5.41, 5.74) is 5.86. The number of hydrogen-bond donors (Lipinski definition) is 1. The predicted molar refractivity (Wildman–Crippen MR) is 64.0 cm³/mol. The molecular formula is C13H17NO2. The highest BCUT2D eigenvalue weighted by Crippen LogP contribution is 2.28. The van der Waals surface area contributed by atoms with Crippen LogP contribution in [0.25, 0.3) is 0 Å². The highest BCUT2D eigenvalue weighted by atomic mass is 16.5. The molecule has 0 saturated heterocycles. The quantitative estimate of drug-likeness (QED) is 0.621. The maximum absolute atomic E-state index is 11.6. The van der Waals surface area contributed by atoms with E-state index in [2.05, 4.69) is 6.58 Å². The van der Waals surface area contributed by atoms with Gasteiger partial charge in [0.15, 0.2) is 0 Å². The third-order valence-corrected chi connectivity index (χ3v) is 2.67. The first kappa shape index (κ1) is 12.5. The third-order valence-electron chi connectivity index (χ3n) is 2.67. The van der Waals surface area contributed by atoms with Gasteiger partial charge in [-0.2, -0.15) is 0 Å². The molecule has 0 aliphatic carbocycles. The van der Waals surface area contributed by atoms with Gasteiger partial charge in [-0.25, -0.2) is 0 Å². The number of hydrogen-bond acceptors (Lipinski definition) is 3. The van der Waals surface area contributed by atoms with Gasteiger partial charge in [0, 0.05) is 5.92 Å². The van der Waals surface area contributed by atoms with Crippen molar-refractivity contribution in [3.63, 3.8) is 0 Å². The van der Waals surface area contributed by atoms with Crippen LogP contribution >= 0.6 is 0 Å². The first-order valence-corrected chi connectivity index (χ1v) is 5.08. The predicted octanol–water partition coefficient (Wildman–Crippen LogP) is 1.85. The molecule has 0 amide bonds. The second-order valence-corrected chi connectivity index (χ2v) is 3.90. The van der Waals surface area contributed by atoms with E-state index in [0.717, 1.165) is 5.56 Å². The van der Waals surface area contributed by atoms with Crippen molar-refractivity contribution in [3.05, 3.63) is 48.6 Å². The highest BCUT2D eigenvalue weighted by Gasteiger charge is 2.37. The molecule has 0 aromatic heterocycles. The third kappa shape index (κ3) is 2.31. The summed E-state index contributed by atoms with van der Waals surface area (Å²) in [7, 11) is 1.33. The molecule has 0 aliphatic heterocycles. The summed E-state index contributed by atoms with van der Waals surface area (Å²) in [5.74, 6) is -0.706. The summed E-state index contributed by atoms with van der Waals surface area (Å²) in [4.78, 5) is 11.6.